The maximum absolute atomic E-state index is 4.78. The Bertz CT molecular complexity index is 305. The van der Waals surface area contributed by atoms with Gasteiger partial charge in [-0.1, -0.05) is 52.2 Å². The molecule has 0 aromatic rings. The standard InChI is InChI=1S/C16H28N/c1-11(2)13-8-9-16(4,17-5)15-7-6-12(3)14(15)10-13/h10-12,14-15H,6-9H2,1-5H3/q-1/t12-,14-,15-,16-/m0/s1. The van der Waals surface area contributed by atoms with Crippen molar-refractivity contribution in [2.45, 2.75) is 58.9 Å². The number of rotatable bonds is 2. The van der Waals surface area contributed by atoms with Gasteiger partial charge in [0.15, 0.2) is 0 Å². The van der Waals surface area contributed by atoms with Crippen LogP contribution >= 0.6 is 0 Å². The van der Waals surface area contributed by atoms with Gasteiger partial charge in [-0.2, -0.15) is 7.05 Å². The van der Waals surface area contributed by atoms with E-state index in [0.717, 1.165) is 17.8 Å². The molecule has 1 saturated carbocycles. The van der Waals surface area contributed by atoms with Crippen LogP contribution in [0.25, 0.3) is 5.32 Å². The van der Waals surface area contributed by atoms with Crippen molar-refractivity contribution in [3.63, 3.8) is 0 Å². The van der Waals surface area contributed by atoms with E-state index in [1.165, 1.54) is 25.7 Å². The van der Waals surface area contributed by atoms with Crippen molar-refractivity contribution < 1.29 is 0 Å². The molecule has 1 fully saturated rings. The Balaban J connectivity index is 2.31. The van der Waals surface area contributed by atoms with E-state index in [4.69, 9.17) is 5.32 Å². The predicted molar refractivity (Wildman–Crippen MR) is 75.2 cm³/mol. The van der Waals surface area contributed by atoms with Crippen LogP contribution in [0.2, 0.25) is 0 Å². The molecular formula is C16H28N-. The van der Waals surface area contributed by atoms with E-state index in [2.05, 4.69) is 33.8 Å². The second-order valence-corrected chi connectivity index (χ2v) is 6.72. The molecule has 0 radical (unpaired) electrons. The summed E-state index contributed by atoms with van der Waals surface area (Å²) in [6, 6.07) is 0. The lowest BCUT2D eigenvalue weighted by Crippen LogP contribution is -2.35. The van der Waals surface area contributed by atoms with Crippen LogP contribution < -0.4 is 0 Å². The second kappa shape index (κ2) is 4.76. The Labute approximate surface area is 107 Å². The summed E-state index contributed by atoms with van der Waals surface area (Å²) >= 11 is 0. The Kier molecular flexibility index (Phi) is 3.68. The molecule has 0 heterocycles. The van der Waals surface area contributed by atoms with Gasteiger partial charge in [0.2, 0.25) is 0 Å². The highest BCUT2D eigenvalue weighted by Crippen LogP contribution is 2.51. The number of nitrogens with zero attached hydrogens (tertiary/aromatic N) is 1. The van der Waals surface area contributed by atoms with E-state index in [1.54, 1.807) is 5.57 Å². The van der Waals surface area contributed by atoms with Crippen LogP contribution in [0, 0.1) is 23.7 Å². The monoisotopic (exact) mass is 234 g/mol. The van der Waals surface area contributed by atoms with Crippen LogP contribution in [0.5, 0.6) is 0 Å². The fourth-order valence-corrected chi connectivity index (χ4v) is 3.90. The number of fused-ring (bicyclic) bond motifs is 1. The number of allylic oxidation sites excluding steroid dienone is 2. The molecule has 0 bridgehead atoms. The van der Waals surface area contributed by atoms with Crippen molar-refractivity contribution in [1.82, 2.24) is 0 Å². The zero-order valence-corrected chi connectivity index (χ0v) is 12.2. The smallest absolute Gasteiger partial charge is 0.0188 e. The zero-order chi connectivity index (χ0) is 12.6. The van der Waals surface area contributed by atoms with E-state index < -0.39 is 0 Å². The summed E-state index contributed by atoms with van der Waals surface area (Å²) < 4.78 is 0. The molecule has 1 heteroatoms. The maximum Gasteiger partial charge on any atom is -0.0188 e. The molecule has 4 atom stereocenters. The van der Waals surface area contributed by atoms with Crippen LogP contribution in [0.1, 0.15) is 53.4 Å². The van der Waals surface area contributed by atoms with Gasteiger partial charge in [-0.15, -0.1) is 5.54 Å². The van der Waals surface area contributed by atoms with E-state index >= 15 is 0 Å². The van der Waals surface area contributed by atoms with Gasteiger partial charge in [-0.05, 0) is 36.5 Å². The van der Waals surface area contributed by atoms with E-state index in [1.807, 2.05) is 7.05 Å². The van der Waals surface area contributed by atoms with Crippen molar-refractivity contribution in [1.29, 1.82) is 0 Å². The lowest BCUT2D eigenvalue weighted by atomic mass is 9.76. The first-order valence-electron chi connectivity index (χ1n) is 7.29. The second-order valence-electron chi connectivity index (χ2n) is 6.72. The molecule has 0 aromatic heterocycles. The van der Waals surface area contributed by atoms with Crippen LogP contribution in [0.15, 0.2) is 11.6 Å². The summed E-state index contributed by atoms with van der Waals surface area (Å²) in [5, 5.41) is 4.78. The molecule has 0 aliphatic heterocycles. The molecule has 2 rings (SSSR count). The van der Waals surface area contributed by atoms with Gasteiger partial charge in [0.05, 0.1) is 0 Å². The quantitative estimate of drug-likeness (QED) is 0.610. The van der Waals surface area contributed by atoms with E-state index in [0.29, 0.717) is 5.92 Å². The summed E-state index contributed by atoms with van der Waals surface area (Å²) in [5.74, 6) is 3.14. The maximum atomic E-state index is 4.78. The molecule has 0 saturated heterocycles. The highest BCUT2D eigenvalue weighted by atomic mass is 14.9. The Morgan fingerprint density at radius 3 is 2.65 bits per heavy atom. The first kappa shape index (κ1) is 13.1. The first-order valence-corrected chi connectivity index (χ1v) is 7.29. The van der Waals surface area contributed by atoms with Crippen LogP contribution in [-0.4, -0.2) is 12.6 Å². The molecule has 98 valence electrons. The molecule has 0 N–H and O–H groups in total. The Morgan fingerprint density at radius 1 is 1.35 bits per heavy atom. The molecule has 0 amide bonds. The molecule has 0 spiro atoms. The average molecular weight is 234 g/mol. The summed E-state index contributed by atoms with van der Waals surface area (Å²) in [7, 11) is 2.03. The highest BCUT2D eigenvalue weighted by molar-refractivity contribution is 5.21. The van der Waals surface area contributed by atoms with Crippen LogP contribution in [-0.2, 0) is 0 Å². The molecule has 1 nitrogen and oxygen atoms in total. The topological polar surface area (TPSA) is 14.1 Å². The third-order valence-corrected chi connectivity index (χ3v) is 5.43. The predicted octanol–water partition coefficient (Wildman–Crippen LogP) is 4.79. The van der Waals surface area contributed by atoms with Gasteiger partial charge in [-0.25, -0.2) is 0 Å². The average Bonchev–Trinajstić information content (AvgIpc) is 2.57. The molecule has 0 unspecified atom stereocenters. The third-order valence-electron chi connectivity index (χ3n) is 5.43. The summed E-state index contributed by atoms with van der Waals surface area (Å²) in [6.07, 6.45) is 7.90. The van der Waals surface area contributed by atoms with Gasteiger partial charge >= 0.3 is 0 Å². The minimum absolute atomic E-state index is 0.225. The molecular weight excluding hydrogens is 206 g/mol. The van der Waals surface area contributed by atoms with Crippen molar-refractivity contribution in [2.75, 3.05) is 7.05 Å². The minimum Gasteiger partial charge on any atom is -0.659 e. The van der Waals surface area contributed by atoms with Gasteiger partial charge in [-0.3, -0.25) is 0 Å². The molecule has 2 aliphatic rings. The molecule has 2 aliphatic carbocycles. The SMILES string of the molecule is C[N-][C@@]1(C)CCC(C(C)C)=C[C@H]2[C@@H](C)CC[C@@H]21. The van der Waals surface area contributed by atoms with Gasteiger partial charge < -0.3 is 5.32 Å². The van der Waals surface area contributed by atoms with Crippen molar-refractivity contribution in [3.8, 4) is 0 Å². The fraction of sp³-hybridized carbons (Fsp3) is 0.875. The fourth-order valence-electron chi connectivity index (χ4n) is 3.90. The highest BCUT2D eigenvalue weighted by Gasteiger charge is 2.40. The Morgan fingerprint density at radius 2 is 2.06 bits per heavy atom. The van der Waals surface area contributed by atoms with E-state index in [9.17, 15) is 0 Å². The zero-order valence-electron chi connectivity index (χ0n) is 12.2. The third kappa shape index (κ3) is 2.31. The Hall–Kier alpha value is -0.300. The van der Waals surface area contributed by atoms with E-state index in [-0.39, 0.29) is 5.54 Å². The largest absolute Gasteiger partial charge is 0.659 e. The lowest BCUT2D eigenvalue weighted by molar-refractivity contribution is 0.272. The van der Waals surface area contributed by atoms with Crippen LogP contribution in [0.3, 0.4) is 0 Å². The van der Waals surface area contributed by atoms with Crippen LogP contribution in [0.4, 0.5) is 0 Å². The first-order chi connectivity index (χ1) is 7.98. The normalized spacial score (nSPS) is 42.2. The molecule has 0 aromatic carbocycles. The number of hydrogen-bond donors (Lipinski definition) is 0. The van der Waals surface area contributed by atoms with Crippen molar-refractivity contribution in [3.05, 3.63) is 17.0 Å². The minimum atomic E-state index is 0.225. The van der Waals surface area contributed by atoms with Gasteiger partial charge in [0, 0.05) is 0 Å². The lowest BCUT2D eigenvalue weighted by Gasteiger charge is -2.48. The van der Waals surface area contributed by atoms with Crippen molar-refractivity contribution in [2.24, 2.45) is 23.7 Å². The van der Waals surface area contributed by atoms with Gasteiger partial charge in [0.1, 0.15) is 0 Å². The van der Waals surface area contributed by atoms with Gasteiger partial charge in [0.25, 0.3) is 0 Å². The van der Waals surface area contributed by atoms with Crippen molar-refractivity contribution >= 4 is 0 Å². The summed E-state index contributed by atoms with van der Waals surface area (Å²) in [5.41, 5.74) is 1.91. The molecule has 17 heavy (non-hydrogen) atoms. The summed E-state index contributed by atoms with van der Waals surface area (Å²) in [6.45, 7) is 9.50. The summed E-state index contributed by atoms with van der Waals surface area (Å²) in [4.78, 5) is 0. The number of hydrogen-bond acceptors (Lipinski definition) is 0.